The lowest BCUT2D eigenvalue weighted by Crippen LogP contribution is -2.30. The second kappa shape index (κ2) is 49.9. The first kappa shape index (κ1) is 113. The van der Waals surface area contributed by atoms with Crippen LogP contribution in [0, 0.1) is 83.1 Å². The van der Waals surface area contributed by atoms with Crippen LogP contribution in [0.15, 0.2) is 97.1 Å². The van der Waals surface area contributed by atoms with Gasteiger partial charge in [-0.05, 0) is 167 Å². The van der Waals surface area contributed by atoms with Crippen molar-refractivity contribution < 1.29 is 72.3 Å². The summed E-state index contributed by atoms with van der Waals surface area (Å²) in [5, 5.41) is 56.0. The van der Waals surface area contributed by atoms with Crippen molar-refractivity contribution in [3.63, 3.8) is 0 Å². The number of nitrogens with zero attached hydrogens (tertiary/aromatic N) is 5. The molecule has 0 aliphatic heterocycles. The Hall–Kier alpha value is -9.55. The number of carbonyl (C=O) groups excluding carboxylic acids is 5. The van der Waals surface area contributed by atoms with Gasteiger partial charge in [0.2, 0.25) is 0 Å². The minimum atomic E-state index is -0.675. The summed E-state index contributed by atoms with van der Waals surface area (Å²) in [6.07, 6.45) is -0.675. The summed E-state index contributed by atoms with van der Waals surface area (Å²) in [6.45, 7) is 73.3. The molecular formula is C89H143N5O20. The van der Waals surface area contributed by atoms with Crippen LogP contribution >= 0.6 is 0 Å². The molecule has 0 spiro atoms. The Balaban J connectivity index is -0.000000422. The highest BCUT2D eigenvalue weighted by molar-refractivity contribution is 5.77. The van der Waals surface area contributed by atoms with E-state index in [9.17, 15) is 74.5 Å². The topological polar surface area (TPSA) is 347 Å². The lowest BCUT2D eigenvalue weighted by molar-refractivity contribution is -0.387. The normalized spacial score (nSPS) is 11.5. The van der Waals surface area contributed by atoms with Crippen molar-refractivity contribution in [2.24, 2.45) is 32.5 Å². The van der Waals surface area contributed by atoms with Crippen molar-refractivity contribution in [2.45, 2.75) is 325 Å². The van der Waals surface area contributed by atoms with E-state index in [0.717, 1.165) is 16.7 Å². The van der Waals surface area contributed by atoms with Gasteiger partial charge in [-0.25, -0.2) is 0 Å². The number of carbonyl (C=O) groups is 5. The zero-order valence-electron chi connectivity index (χ0n) is 76.6. The maximum absolute atomic E-state index is 12.2. The van der Waals surface area contributed by atoms with E-state index in [1.54, 1.807) is 171 Å². The van der Waals surface area contributed by atoms with Crippen molar-refractivity contribution >= 4 is 58.3 Å². The van der Waals surface area contributed by atoms with Gasteiger partial charge in [0.05, 0.1) is 79.5 Å². The lowest BCUT2D eigenvalue weighted by atomic mass is 9.83. The molecule has 114 heavy (non-hydrogen) atoms. The number of nitro benzene ring substituents is 5. The number of hydrogen-bond acceptors (Lipinski definition) is 20. The van der Waals surface area contributed by atoms with Crippen LogP contribution in [-0.4, -0.2) is 54.5 Å². The number of hydrogen-bond donors (Lipinski definition) is 0. The third kappa shape index (κ3) is 40.5. The Morgan fingerprint density at radius 1 is 0.333 bits per heavy atom. The van der Waals surface area contributed by atoms with E-state index in [1.165, 1.54) is 18.2 Å². The molecule has 5 aromatic carbocycles. The Morgan fingerprint density at radius 3 is 1.04 bits per heavy atom. The van der Waals surface area contributed by atoms with Gasteiger partial charge in [-0.3, -0.25) is 74.5 Å². The van der Waals surface area contributed by atoms with E-state index >= 15 is 0 Å². The number of benzene rings is 5. The number of esters is 5. The summed E-state index contributed by atoms with van der Waals surface area (Å²) >= 11 is 0. The fourth-order valence-corrected chi connectivity index (χ4v) is 9.01. The van der Waals surface area contributed by atoms with Gasteiger partial charge in [-0.1, -0.05) is 215 Å². The van der Waals surface area contributed by atoms with Crippen molar-refractivity contribution in [3.05, 3.63) is 198 Å². The van der Waals surface area contributed by atoms with Gasteiger partial charge in [0.25, 0.3) is 28.4 Å². The monoisotopic (exact) mass is 1600 g/mol. The van der Waals surface area contributed by atoms with E-state index in [2.05, 4.69) is 0 Å². The maximum atomic E-state index is 12.2. The van der Waals surface area contributed by atoms with Crippen molar-refractivity contribution in [2.75, 3.05) is 0 Å². The number of nitro groups is 5. The molecule has 25 nitrogen and oxygen atoms in total. The fraction of sp³-hybridized carbons (Fsp3) is 0.607. The average Bonchev–Trinajstić information content (AvgIpc) is 0.832. The first-order valence-electron chi connectivity index (χ1n) is 39.1. The van der Waals surface area contributed by atoms with Crippen LogP contribution in [0.2, 0.25) is 0 Å². The van der Waals surface area contributed by atoms with Crippen LogP contribution in [-0.2, 0) is 90.3 Å². The summed E-state index contributed by atoms with van der Waals surface area (Å²) in [5.74, 6) is -1.67. The molecule has 25 heteroatoms. The summed E-state index contributed by atoms with van der Waals surface area (Å²) in [7, 11) is 0. The fourth-order valence-electron chi connectivity index (χ4n) is 9.01. The van der Waals surface area contributed by atoms with E-state index < -0.39 is 63.2 Å². The molecule has 0 aliphatic carbocycles. The predicted molar refractivity (Wildman–Crippen MR) is 457 cm³/mol. The number of para-hydroxylation sites is 2. The van der Waals surface area contributed by atoms with Gasteiger partial charge < -0.3 is 23.7 Å². The zero-order chi connectivity index (χ0) is 91.2. The van der Waals surface area contributed by atoms with Crippen molar-refractivity contribution in [1.82, 2.24) is 0 Å². The van der Waals surface area contributed by atoms with Crippen LogP contribution in [0.3, 0.4) is 0 Å². The van der Waals surface area contributed by atoms with Gasteiger partial charge in [0.1, 0.15) is 32.5 Å². The molecule has 0 heterocycles. The average molecular weight is 1600 g/mol. The van der Waals surface area contributed by atoms with E-state index in [-0.39, 0.29) is 107 Å². The molecule has 644 valence electrons. The smallest absolute Gasteiger partial charge is 0.311 e. The van der Waals surface area contributed by atoms with Crippen LogP contribution in [0.1, 0.15) is 332 Å². The molecule has 0 saturated heterocycles. The molecule has 1 atom stereocenters. The van der Waals surface area contributed by atoms with E-state index in [0.29, 0.717) is 33.4 Å². The Bertz CT molecular complexity index is 3840. The molecule has 0 saturated carbocycles. The SMILES string of the molecule is CC.CC.CC.CC.CC.CC(C)(C)C(=O)OC(c1ccccc1[N+](=O)[O-])C(C)(C)C.CC(C)(C)C(=O)OCc1c([N+](=O)[O-])cccc1C(C)(C)C.CC(C)(C)C(=O)OCc1cc(C(C)(C)C)ccc1[N+](=O)[O-].CC(C)(C)C(=O)OCc1cccc(C(C)(C)C)c1[N+](=O)[O-].CC(C)c1ccc(COC(=O)C(C)(C)C)c([N+](=O)[O-])c1. The minimum Gasteiger partial charge on any atom is -0.460 e. The molecular weight excluding hydrogens is 1460 g/mol. The molecule has 5 aromatic rings. The molecule has 5 rings (SSSR count). The van der Waals surface area contributed by atoms with Gasteiger partial charge in [-0.2, -0.15) is 0 Å². The number of rotatable bonds is 16. The second-order valence-electron chi connectivity index (χ2n) is 34.8. The molecule has 0 fully saturated rings. The standard InChI is InChI=1S/4C16H23NO4.C15H21NO4.5C2H6/c1-15(2,3)12-7-8-13(17(19)20)11(9-12)10-21-14(18)16(4,5)6;1-15(2,3)12-8-7-9-13(17(19)20)11(12)10-21-14(18)16(4,5)6;1-15(2,3)12-9-7-8-11(13(12)17(19)20)10-21-14(18)16(4,5)6;1-15(2,3)13(21-14(18)16(4,5)6)11-9-7-8-10-12(11)17(19)20;1-10(2)11-6-7-12(13(8-11)16(18)19)9-20-14(17)15(3,4)5;5*1-2/h3*7-9H,10H2,1-6H3;7-10,13H,1-6H3;6-8,10H,9H2,1-5H3;5*1-2H3. The summed E-state index contributed by atoms with van der Waals surface area (Å²) < 4.78 is 26.4. The molecule has 0 N–H and O–H groups in total. The van der Waals surface area contributed by atoms with Gasteiger partial charge in [0, 0.05) is 35.2 Å². The van der Waals surface area contributed by atoms with Crippen molar-refractivity contribution in [1.29, 1.82) is 0 Å². The third-order valence-corrected chi connectivity index (χ3v) is 15.3. The van der Waals surface area contributed by atoms with Gasteiger partial charge in [0.15, 0.2) is 0 Å². The lowest BCUT2D eigenvalue weighted by Gasteiger charge is -2.32. The first-order valence-corrected chi connectivity index (χ1v) is 39.1. The van der Waals surface area contributed by atoms with Crippen molar-refractivity contribution in [3.8, 4) is 0 Å². The minimum absolute atomic E-state index is 0.00194. The zero-order valence-corrected chi connectivity index (χ0v) is 76.6. The van der Waals surface area contributed by atoms with Gasteiger partial charge in [-0.15, -0.1) is 0 Å². The molecule has 0 aromatic heterocycles. The van der Waals surface area contributed by atoms with Gasteiger partial charge >= 0.3 is 29.8 Å². The van der Waals surface area contributed by atoms with Crippen LogP contribution < -0.4 is 0 Å². The molecule has 0 amide bonds. The van der Waals surface area contributed by atoms with E-state index in [4.69, 9.17) is 23.7 Å². The van der Waals surface area contributed by atoms with Crippen LogP contribution in [0.25, 0.3) is 0 Å². The third-order valence-electron chi connectivity index (χ3n) is 15.3. The Morgan fingerprint density at radius 2 is 0.684 bits per heavy atom. The molecule has 0 bridgehead atoms. The highest BCUT2D eigenvalue weighted by atomic mass is 16.6. The van der Waals surface area contributed by atoms with E-state index in [1.807, 2.05) is 178 Å². The Kier molecular flexibility index (Phi) is 49.5. The summed E-state index contributed by atoms with van der Waals surface area (Å²) in [6, 6.07) is 26.5. The quantitative estimate of drug-likeness (QED) is 0.0383. The predicted octanol–water partition coefficient (Wildman–Crippen LogP) is 25.2. The molecule has 0 radical (unpaired) electrons. The Labute approximate surface area is 682 Å². The second-order valence-corrected chi connectivity index (χ2v) is 34.8. The largest absolute Gasteiger partial charge is 0.460 e. The van der Waals surface area contributed by atoms with Crippen LogP contribution in [0.4, 0.5) is 28.4 Å². The summed E-state index contributed by atoms with van der Waals surface area (Å²) in [4.78, 5) is 113. The van der Waals surface area contributed by atoms with Crippen LogP contribution in [0.5, 0.6) is 0 Å². The molecule has 1 unspecified atom stereocenters. The number of ether oxygens (including phenoxy) is 5. The molecule has 0 aliphatic rings. The highest BCUT2D eigenvalue weighted by Gasteiger charge is 2.38. The maximum Gasteiger partial charge on any atom is 0.311 e. The summed E-state index contributed by atoms with van der Waals surface area (Å²) in [5.41, 5.74) is 1.06. The highest BCUT2D eigenvalue weighted by Crippen LogP contribution is 2.42. The first-order chi connectivity index (χ1) is 51.9.